The van der Waals surface area contributed by atoms with Crippen molar-refractivity contribution < 1.29 is 18.8 Å². The van der Waals surface area contributed by atoms with Crippen LogP contribution in [-0.4, -0.2) is 24.0 Å². The minimum Gasteiger partial charge on any atom is -0.355 e. The van der Waals surface area contributed by atoms with Crippen molar-refractivity contribution in [3.63, 3.8) is 0 Å². The zero-order chi connectivity index (χ0) is 18.5. The van der Waals surface area contributed by atoms with E-state index in [1.54, 1.807) is 0 Å². The zero-order valence-corrected chi connectivity index (χ0v) is 14.3. The van der Waals surface area contributed by atoms with Gasteiger partial charge in [0.2, 0.25) is 5.91 Å². The van der Waals surface area contributed by atoms with Gasteiger partial charge in [-0.2, -0.15) is 0 Å². The van der Waals surface area contributed by atoms with Crippen molar-refractivity contribution in [3.05, 3.63) is 71.5 Å². The standard InChI is InChI=1S/C21H20FNO3/c22-16-11-9-15(10-12-16)18(24)7-4-8-19(25)20-17(13-23-21(20)26)14-5-2-1-3-6-14/h1-3,5-6,9-12,17,20H,4,7-8,13H2,(H,23,26). The van der Waals surface area contributed by atoms with E-state index in [2.05, 4.69) is 5.32 Å². The summed E-state index contributed by atoms with van der Waals surface area (Å²) in [7, 11) is 0. The Morgan fingerprint density at radius 2 is 1.69 bits per heavy atom. The number of nitrogens with one attached hydrogen (secondary N) is 1. The van der Waals surface area contributed by atoms with Crippen molar-refractivity contribution in [2.24, 2.45) is 5.92 Å². The normalized spacial score (nSPS) is 19.2. The molecule has 0 saturated carbocycles. The molecule has 1 aliphatic rings. The van der Waals surface area contributed by atoms with Gasteiger partial charge >= 0.3 is 0 Å². The average Bonchev–Trinajstić information content (AvgIpc) is 3.04. The van der Waals surface area contributed by atoms with E-state index in [0.29, 0.717) is 18.5 Å². The molecule has 0 bridgehead atoms. The Morgan fingerprint density at radius 3 is 2.38 bits per heavy atom. The van der Waals surface area contributed by atoms with Crippen LogP contribution in [0.15, 0.2) is 54.6 Å². The predicted molar refractivity (Wildman–Crippen MR) is 95.3 cm³/mol. The van der Waals surface area contributed by atoms with E-state index in [-0.39, 0.29) is 36.2 Å². The van der Waals surface area contributed by atoms with Crippen LogP contribution in [0.2, 0.25) is 0 Å². The van der Waals surface area contributed by atoms with Crippen molar-refractivity contribution in [1.82, 2.24) is 5.32 Å². The third-order valence-electron chi connectivity index (χ3n) is 4.75. The van der Waals surface area contributed by atoms with E-state index in [4.69, 9.17) is 0 Å². The summed E-state index contributed by atoms with van der Waals surface area (Å²) >= 11 is 0. The predicted octanol–water partition coefficient (Wildman–Crippen LogP) is 3.28. The van der Waals surface area contributed by atoms with Crippen molar-refractivity contribution in [2.45, 2.75) is 25.2 Å². The molecule has 0 spiro atoms. The number of rotatable bonds is 7. The first-order chi connectivity index (χ1) is 12.6. The summed E-state index contributed by atoms with van der Waals surface area (Å²) in [6.07, 6.45) is 0.746. The summed E-state index contributed by atoms with van der Waals surface area (Å²) in [6.45, 7) is 0.452. The lowest BCUT2D eigenvalue weighted by molar-refractivity contribution is -0.132. The number of Topliss-reactive ketones (excluding diaryl/α,β-unsaturated/α-hetero) is 2. The molecule has 1 heterocycles. The molecule has 2 atom stereocenters. The number of benzene rings is 2. The highest BCUT2D eigenvalue weighted by molar-refractivity contribution is 6.04. The number of carbonyl (C=O) groups excluding carboxylic acids is 3. The molecule has 1 N–H and O–H groups in total. The molecule has 4 nitrogen and oxygen atoms in total. The van der Waals surface area contributed by atoms with Crippen molar-refractivity contribution in [1.29, 1.82) is 0 Å². The molecule has 2 aromatic rings. The molecule has 2 unspecified atom stereocenters. The van der Waals surface area contributed by atoms with Gasteiger partial charge in [0.05, 0.1) is 0 Å². The molecule has 0 radical (unpaired) electrons. The zero-order valence-electron chi connectivity index (χ0n) is 14.3. The fourth-order valence-corrected chi connectivity index (χ4v) is 3.36. The van der Waals surface area contributed by atoms with Crippen LogP contribution in [-0.2, 0) is 9.59 Å². The second-order valence-electron chi connectivity index (χ2n) is 6.49. The second-order valence-corrected chi connectivity index (χ2v) is 6.49. The first-order valence-electron chi connectivity index (χ1n) is 8.70. The van der Waals surface area contributed by atoms with Crippen LogP contribution in [0.4, 0.5) is 4.39 Å². The Hall–Kier alpha value is -2.82. The van der Waals surface area contributed by atoms with Gasteiger partial charge in [-0.05, 0) is 36.2 Å². The summed E-state index contributed by atoms with van der Waals surface area (Å²) in [5.74, 6) is -1.76. The van der Waals surface area contributed by atoms with Crippen molar-refractivity contribution >= 4 is 17.5 Å². The van der Waals surface area contributed by atoms with Crippen LogP contribution in [0.1, 0.15) is 41.1 Å². The van der Waals surface area contributed by atoms with Gasteiger partial charge in [0.1, 0.15) is 17.5 Å². The maximum absolute atomic E-state index is 12.9. The van der Waals surface area contributed by atoms with Gasteiger partial charge in [-0.15, -0.1) is 0 Å². The Kier molecular flexibility index (Phi) is 5.56. The molecule has 3 rings (SSSR count). The highest BCUT2D eigenvalue weighted by Crippen LogP contribution is 2.30. The Bertz CT molecular complexity index is 802. The van der Waals surface area contributed by atoms with E-state index >= 15 is 0 Å². The number of hydrogen-bond acceptors (Lipinski definition) is 3. The van der Waals surface area contributed by atoms with Crippen LogP contribution >= 0.6 is 0 Å². The second kappa shape index (κ2) is 8.04. The average molecular weight is 353 g/mol. The van der Waals surface area contributed by atoms with E-state index in [1.165, 1.54) is 24.3 Å². The molecular weight excluding hydrogens is 333 g/mol. The fraction of sp³-hybridized carbons (Fsp3) is 0.286. The van der Waals surface area contributed by atoms with Crippen molar-refractivity contribution in [3.8, 4) is 0 Å². The van der Waals surface area contributed by atoms with E-state index in [1.807, 2.05) is 30.3 Å². The third-order valence-corrected chi connectivity index (χ3v) is 4.75. The van der Waals surface area contributed by atoms with E-state index < -0.39 is 11.7 Å². The third kappa shape index (κ3) is 4.04. The molecule has 1 aliphatic heterocycles. The maximum atomic E-state index is 12.9. The SMILES string of the molecule is O=C(CCCC(=O)C1C(=O)NCC1c1ccccc1)c1ccc(F)cc1. The number of halogens is 1. The minimum absolute atomic E-state index is 0.131. The van der Waals surface area contributed by atoms with Crippen LogP contribution in [0.25, 0.3) is 0 Å². The largest absolute Gasteiger partial charge is 0.355 e. The summed E-state index contributed by atoms with van der Waals surface area (Å²) < 4.78 is 12.9. The van der Waals surface area contributed by atoms with Crippen molar-refractivity contribution in [2.75, 3.05) is 6.54 Å². The quantitative estimate of drug-likeness (QED) is 0.614. The first-order valence-corrected chi connectivity index (χ1v) is 8.70. The molecule has 1 fully saturated rings. The van der Waals surface area contributed by atoms with Gasteiger partial charge in [-0.25, -0.2) is 4.39 Å². The molecule has 134 valence electrons. The number of hydrogen-bond donors (Lipinski definition) is 1. The van der Waals surface area contributed by atoms with Gasteiger partial charge in [0, 0.05) is 30.9 Å². The summed E-state index contributed by atoms with van der Waals surface area (Å²) in [6, 6.07) is 14.9. The molecule has 0 aliphatic carbocycles. The van der Waals surface area contributed by atoms with Gasteiger partial charge in [0.25, 0.3) is 0 Å². The highest BCUT2D eigenvalue weighted by atomic mass is 19.1. The molecule has 1 amide bonds. The lowest BCUT2D eigenvalue weighted by Crippen LogP contribution is -2.27. The lowest BCUT2D eigenvalue weighted by atomic mass is 9.84. The topological polar surface area (TPSA) is 63.2 Å². The summed E-state index contributed by atoms with van der Waals surface area (Å²) in [4.78, 5) is 36.8. The molecular formula is C21H20FNO3. The number of carbonyl (C=O) groups is 3. The van der Waals surface area contributed by atoms with Crippen LogP contribution in [0.5, 0.6) is 0 Å². The van der Waals surface area contributed by atoms with Gasteiger partial charge in [-0.3, -0.25) is 14.4 Å². The maximum Gasteiger partial charge on any atom is 0.231 e. The van der Waals surface area contributed by atoms with Crippen LogP contribution < -0.4 is 5.32 Å². The van der Waals surface area contributed by atoms with Gasteiger partial charge in [0.15, 0.2) is 5.78 Å². The van der Waals surface area contributed by atoms with Gasteiger partial charge < -0.3 is 5.32 Å². The van der Waals surface area contributed by atoms with E-state index in [9.17, 15) is 18.8 Å². The lowest BCUT2D eigenvalue weighted by Gasteiger charge is -2.16. The molecule has 26 heavy (non-hydrogen) atoms. The molecule has 1 saturated heterocycles. The van der Waals surface area contributed by atoms with Gasteiger partial charge in [-0.1, -0.05) is 30.3 Å². The van der Waals surface area contributed by atoms with Crippen LogP contribution in [0, 0.1) is 11.7 Å². The summed E-state index contributed by atoms with van der Waals surface area (Å²) in [5.41, 5.74) is 1.39. The Labute approximate surface area is 151 Å². The smallest absolute Gasteiger partial charge is 0.231 e. The monoisotopic (exact) mass is 353 g/mol. The molecule has 0 aromatic heterocycles. The summed E-state index contributed by atoms with van der Waals surface area (Å²) in [5, 5.41) is 2.77. The molecule has 5 heteroatoms. The number of ketones is 2. The first kappa shape index (κ1) is 18.0. The molecule has 2 aromatic carbocycles. The Morgan fingerprint density at radius 1 is 1.00 bits per heavy atom. The fourth-order valence-electron chi connectivity index (χ4n) is 3.36. The van der Waals surface area contributed by atoms with Crippen LogP contribution in [0.3, 0.4) is 0 Å². The highest BCUT2D eigenvalue weighted by Gasteiger charge is 2.40. The van der Waals surface area contributed by atoms with E-state index in [0.717, 1.165) is 5.56 Å². The Balaban J connectivity index is 1.57. The minimum atomic E-state index is -0.696. The number of amides is 1.